The van der Waals surface area contributed by atoms with Crippen molar-refractivity contribution in [2.24, 2.45) is 0 Å². The molecule has 6 heteroatoms. The third kappa shape index (κ3) is 2.42. The fourth-order valence-electron chi connectivity index (χ4n) is 1.49. The van der Waals surface area contributed by atoms with Gasteiger partial charge in [-0.3, -0.25) is 4.79 Å². The molecule has 0 aliphatic carbocycles. The number of phenolic OH excluding ortho intramolecular Hbond substituents is 1. The average Bonchev–Trinajstić information content (AvgIpc) is 2.75. The second kappa shape index (κ2) is 4.92. The Balaban J connectivity index is 2.12. The van der Waals surface area contributed by atoms with Crippen molar-refractivity contribution < 1.29 is 24.5 Å². The number of fused-ring (bicyclic) bond motifs is 1. The Morgan fingerprint density at radius 3 is 2.76 bits per heavy atom. The molecule has 6 nitrogen and oxygen atoms in total. The molecular weight excluding hydrogens is 226 g/mol. The molecule has 0 bridgehead atoms. The van der Waals surface area contributed by atoms with E-state index in [0.29, 0.717) is 24.5 Å². The van der Waals surface area contributed by atoms with Gasteiger partial charge in [-0.2, -0.15) is 0 Å². The van der Waals surface area contributed by atoms with E-state index in [2.05, 4.69) is 5.32 Å². The first-order valence-corrected chi connectivity index (χ1v) is 5.24. The zero-order valence-electron chi connectivity index (χ0n) is 9.10. The highest BCUT2D eigenvalue weighted by molar-refractivity contribution is 5.97. The van der Waals surface area contributed by atoms with Gasteiger partial charge in [-0.05, 0) is 6.42 Å². The third-order valence-corrected chi connectivity index (χ3v) is 2.36. The number of carbonyl (C=O) groups excluding carboxylic acids is 1. The van der Waals surface area contributed by atoms with Gasteiger partial charge < -0.3 is 25.0 Å². The Bertz CT molecular complexity index is 432. The second-order valence-electron chi connectivity index (χ2n) is 3.56. The minimum Gasteiger partial charge on any atom is -0.507 e. The first kappa shape index (κ1) is 11.5. The van der Waals surface area contributed by atoms with Crippen LogP contribution in [0.15, 0.2) is 12.1 Å². The maximum absolute atomic E-state index is 11.7. The van der Waals surface area contributed by atoms with Gasteiger partial charge in [0.25, 0.3) is 5.91 Å². The molecule has 1 aromatic rings. The van der Waals surface area contributed by atoms with Gasteiger partial charge in [0, 0.05) is 25.3 Å². The molecule has 0 radical (unpaired) electrons. The number of phenols is 1. The van der Waals surface area contributed by atoms with Crippen molar-refractivity contribution >= 4 is 5.91 Å². The van der Waals surface area contributed by atoms with Crippen molar-refractivity contribution in [2.75, 3.05) is 19.9 Å². The number of hydrogen-bond donors (Lipinski definition) is 3. The number of benzene rings is 1. The normalized spacial score (nSPS) is 12.5. The summed E-state index contributed by atoms with van der Waals surface area (Å²) in [5, 5.41) is 20.8. The molecule has 1 aliphatic rings. The molecule has 1 aliphatic heterocycles. The molecule has 17 heavy (non-hydrogen) atoms. The van der Waals surface area contributed by atoms with Gasteiger partial charge in [0.1, 0.15) is 5.75 Å². The zero-order chi connectivity index (χ0) is 12.3. The van der Waals surface area contributed by atoms with Gasteiger partial charge in [-0.15, -0.1) is 0 Å². The van der Waals surface area contributed by atoms with Crippen molar-refractivity contribution in [3.8, 4) is 17.2 Å². The van der Waals surface area contributed by atoms with Gasteiger partial charge in [0.05, 0.1) is 5.56 Å². The molecule has 1 heterocycles. The summed E-state index contributed by atoms with van der Waals surface area (Å²) in [4.78, 5) is 11.7. The lowest BCUT2D eigenvalue weighted by atomic mass is 10.1. The zero-order valence-corrected chi connectivity index (χ0v) is 9.10. The Labute approximate surface area is 97.8 Å². The predicted molar refractivity (Wildman–Crippen MR) is 58.3 cm³/mol. The van der Waals surface area contributed by atoms with E-state index in [1.165, 1.54) is 12.1 Å². The maximum Gasteiger partial charge on any atom is 0.255 e. The number of ether oxygens (including phenoxy) is 2. The Morgan fingerprint density at radius 1 is 1.35 bits per heavy atom. The lowest BCUT2D eigenvalue weighted by Gasteiger charge is -2.07. The van der Waals surface area contributed by atoms with E-state index in [0.717, 1.165) is 0 Å². The van der Waals surface area contributed by atoms with Gasteiger partial charge in [-0.1, -0.05) is 0 Å². The van der Waals surface area contributed by atoms with E-state index in [9.17, 15) is 9.90 Å². The van der Waals surface area contributed by atoms with Crippen LogP contribution >= 0.6 is 0 Å². The van der Waals surface area contributed by atoms with Crippen molar-refractivity contribution in [3.05, 3.63) is 17.7 Å². The fourth-order valence-corrected chi connectivity index (χ4v) is 1.49. The highest BCUT2D eigenvalue weighted by Gasteiger charge is 2.20. The lowest BCUT2D eigenvalue weighted by Crippen LogP contribution is -2.25. The monoisotopic (exact) mass is 239 g/mol. The number of amides is 1. The molecule has 1 aromatic carbocycles. The second-order valence-corrected chi connectivity index (χ2v) is 3.56. The Morgan fingerprint density at radius 2 is 2.06 bits per heavy atom. The van der Waals surface area contributed by atoms with Crippen LogP contribution in [0.5, 0.6) is 17.2 Å². The standard InChI is InChI=1S/C11H13NO5/c13-3-1-2-12-11(15)7-4-9-10(5-8(7)14)17-6-16-9/h4-5,13-14H,1-3,6H2,(H,12,15). The van der Waals surface area contributed by atoms with E-state index < -0.39 is 5.91 Å². The molecular formula is C11H13NO5. The summed E-state index contributed by atoms with van der Waals surface area (Å²) >= 11 is 0. The number of rotatable bonds is 4. The minimum atomic E-state index is -0.408. The lowest BCUT2D eigenvalue weighted by molar-refractivity contribution is 0.0948. The molecule has 3 N–H and O–H groups in total. The Hall–Kier alpha value is -1.95. The van der Waals surface area contributed by atoms with Crippen LogP contribution in [-0.4, -0.2) is 36.1 Å². The number of nitrogens with one attached hydrogen (secondary N) is 1. The summed E-state index contributed by atoms with van der Waals surface area (Å²) in [5.74, 6) is 0.300. The first-order chi connectivity index (χ1) is 8.22. The van der Waals surface area contributed by atoms with E-state index in [1.54, 1.807) is 0 Å². The Kier molecular flexibility index (Phi) is 3.34. The van der Waals surface area contributed by atoms with Crippen LogP contribution in [0.4, 0.5) is 0 Å². The van der Waals surface area contributed by atoms with E-state index in [4.69, 9.17) is 14.6 Å². The molecule has 0 saturated carbocycles. The number of aliphatic hydroxyl groups excluding tert-OH is 1. The molecule has 0 saturated heterocycles. The van der Waals surface area contributed by atoms with Gasteiger partial charge >= 0.3 is 0 Å². The highest BCUT2D eigenvalue weighted by Crippen LogP contribution is 2.37. The summed E-state index contributed by atoms with van der Waals surface area (Å²) in [6.07, 6.45) is 0.469. The van der Waals surface area contributed by atoms with Crippen LogP contribution in [0.1, 0.15) is 16.8 Å². The third-order valence-electron chi connectivity index (χ3n) is 2.36. The summed E-state index contributed by atoms with van der Waals surface area (Å²) in [6.45, 7) is 0.445. The van der Waals surface area contributed by atoms with Crippen molar-refractivity contribution in [1.29, 1.82) is 0 Å². The maximum atomic E-state index is 11.7. The van der Waals surface area contributed by atoms with Gasteiger partial charge in [0.2, 0.25) is 6.79 Å². The molecule has 2 rings (SSSR count). The molecule has 1 amide bonds. The van der Waals surface area contributed by atoms with E-state index in [-0.39, 0.29) is 24.7 Å². The van der Waals surface area contributed by atoms with E-state index >= 15 is 0 Å². The molecule has 0 aromatic heterocycles. The molecule has 0 atom stereocenters. The summed E-state index contributed by atoms with van der Waals surface area (Å²) in [7, 11) is 0. The number of hydrogen-bond acceptors (Lipinski definition) is 5. The van der Waals surface area contributed by atoms with Crippen molar-refractivity contribution in [3.63, 3.8) is 0 Å². The predicted octanol–water partition coefficient (Wildman–Crippen LogP) is 0.233. The van der Waals surface area contributed by atoms with Gasteiger partial charge in [0.15, 0.2) is 11.5 Å². The summed E-state index contributed by atoms with van der Waals surface area (Å²) in [5.41, 5.74) is 0.132. The number of carbonyl (C=O) groups is 1. The van der Waals surface area contributed by atoms with Gasteiger partial charge in [-0.25, -0.2) is 0 Å². The number of aliphatic hydroxyl groups is 1. The first-order valence-electron chi connectivity index (χ1n) is 5.24. The average molecular weight is 239 g/mol. The molecule has 92 valence electrons. The van der Waals surface area contributed by atoms with Crippen LogP contribution in [0.25, 0.3) is 0 Å². The number of aromatic hydroxyl groups is 1. The van der Waals surface area contributed by atoms with Crippen LogP contribution in [0.2, 0.25) is 0 Å². The highest BCUT2D eigenvalue weighted by atomic mass is 16.7. The quantitative estimate of drug-likeness (QED) is 0.655. The molecule has 0 unspecified atom stereocenters. The van der Waals surface area contributed by atoms with Crippen molar-refractivity contribution in [2.45, 2.75) is 6.42 Å². The van der Waals surface area contributed by atoms with E-state index in [1.807, 2.05) is 0 Å². The summed E-state index contributed by atoms with van der Waals surface area (Å²) in [6, 6.07) is 2.79. The van der Waals surface area contributed by atoms with Crippen LogP contribution in [0, 0.1) is 0 Å². The summed E-state index contributed by atoms with van der Waals surface area (Å²) < 4.78 is 10.2. The molecule has 0 spiro atoms. The van der Waals surface area contributed by atoms with Crippen LogP contribution < -0.4 is 14.8 Å². The van der Waals surface area contributed by atoms with Crippen LogP contribution in [-0.2, 0) is 0 Å². The SMILES string of the molecule is O=C(NCCCO)c1cc2c(cc1O)OCO2. The topological polar surface area (TPSA) is 88.0 Å². The fraction of sp³-hybridized carbons (Fsp3) is 0.364. The largest absolute Gasteiger partial charge is 0.507 e. The molecule has 0 fully saturated rings. The van der Waals surface area contributed by atoms with Crippen molar-refractivity contribution in [1.82, 2.24) is 5.32 Å². The minimum absolute atomic E-state index is 0.00734. The van der Waals surface area contributed by atoms with Crippen LogP contribution in [0.3, 0.4) is 0 Å². The smallest absolute Gasteiger partial charge is 0.255 e.